The minimum Gasteiger partial charge on any atom is -0.475 e. The smallest absolute Gasteiger partial charge is 0.475 e. The van der Waals surface area contributed by atoms with Crippen LogP contribution in [-0.2, 0) is 4.79 Å². The predicted octanol–water partition coefficient (Wildman–Crippen LogP) is -0.0408. The summed E-state index contributed by atoms with van der Waals surface area (Å²) in [6.07, 6.45) is -5.42. The van der Waals surface area contributed by atoms with Crippen LogP contribution in [0, 0.1) is 0 Å². The van der Waals surface area contributed by atoms with Crippen molar-refractivity contribution in [2.75, 3.05) is 6.54 Å². The zero-order valence-electron chi connectivity index (χ0n) is 6.30. The summed E-state index contributed by atoms with van der Waals surface area (Å²) in [4.78, 5) is 8.90. The highest BCUT2D eigenvalue weighted by atomic mass is 19.4. The highest BCUT2D eigenvalue weighted by Crippen LogP contribution is 2.13. The largest absolute Gasteiger partial charge is 0.490 e. The molecule has 0 aromatic heterocycles. The maximum absolute atomic E-state index is 10.6. The molecule has 0 aromatic rings. The Labute approximate surface area is 66.8 Å². The van der Waals surface area contributed by atoms with E-state index in [0.29, 0.717) is 6.54 Å². The number of carbonyl (C=O) groups is 1. The maximum Gasteiger partial charge on any atom is 0.490 e. The summed E-state index contributed by atoms with van der Waals surface area (Å²) >= 11 is 0. The van der Waals surface area contributed by atoms with E-state index in [-0.39, 0.29) is 6.10 Å². The monoisotopic (exact) mass is 189 g/mol. The molecule has 4 N–H and O–H groups in total. The summed E-state index contributed by atoms with van der Waals surface area (Å²) in [5, 5.41) is 15.4. The SMILES string of the molecule is CC(O)CN.O=C(O)C(F)(F)F. The number of aliphatic hydroxyl groups is 1. The van der Waals surface area contributed by atoms with Gasteiger partial charge in [0.15, 0.2) is 0 Å². The van der Waals surface area contributed by atoms with Crippen molar-refractivity contribution in [3.63, 3.8) is 0 Å². The first-order chi connectivity index (χ1) is 5.21. The van der Waals surface area contributed by atoms with Crippen LogP contribution in [0.4, 0.5) is 13.2 Å². The maximum atomic E-state index is 10.6. The van der Waals surface area contributed by atoms with E-state index in [1.54, 1.807) is 6.92 Å². The molecule has 0 saturated heterocycles. The van der Waals surface area contributed by atoms with Gasteiger partial charge in [0.2, 0.25) is 0 Å². The summed E-state index contributed by atoms with van der Waals surface area (Å²) in [5.74, 6) is -2.76. The molecule has 0 bridgehead atoms. The standard InChI is InChI=1S/C3H9NO.C2HF3O2/c1-3(5)2-4;3-2(4,5)1(6)7/h3,5H,2,4H2,1H3;(H,6,7). The lowest BCUT2D eigenvalue weighted by atomic mass is 10.4. The Morgan fingerprint density at radius 2 is 1.75 bits per heavy atom. The predicted molar refractivity (Wildman–Crippen MR) is 34.4 cm³/mol. The van der Waals surface area contributed by atoms with E-state index in [1.165, 1.54) is 0 Å². The Hall–Kier alpha value is -0.820. The van der Waals surface area contributed by atoms with E-state index < -0.39 is 12.1 Å². The lowest BCUT2D eigenvalue weighted by Crippen LogP contribution is -2.21. The topological polar surface area (TPSA) is 83.5 Å². The van der Waals surface area contributed by atoms with Crippen LogP contribution in [0.1, 0.15) is 6.92 Å². The second-order valence-electron chi connectivity index (χ2n) is 1.89. The molecule has 0 aliphatic carbocycles. The van der Waals surface area contributed by atoms with Crippen molar-refractivity contribution in [2.45, 2.75) is 19.2 Å². The van der Waals surface area contributed by atoms with Gasteiger partial charge in [-0.1, -0.05) is 0 Å². The number of rotatable bonds is 1. The number of halogens is 3. The van der Waals surface area contributed by atoms with Crippen molar-refractivity contribution in [3.05, 3.63) is 0 Å². The summed E-state index contributed by atoms with van der Waals surface area (Å²) in [7, 11) is 0. The van der Waals surface area contributed by atoms with Gasteiger partial charge in [0, 0.05) is 6.54 Å². The molecule has 0 rings (SSSR count). The number of hydrogen-bond acceptors (Lipinski definition) is 3. The van der Waals surface area contributed by atoms with Crippen molar-refractivity contribution in [1.29, 1.82) is 0 Å². The summed E-state index contributed by atoms with van der Waals surface area (Å²) in [6.45, 7) is 2.01. The zero-order chi connectivity index (χ0) is 10.4. The lowest BCUT2D eigenvalue weighted by molar-refractivity contribution is -0.192. The third-order valence-electron chi connectivity index (χ3n) is 0.584. The third kappa shape index (κ3) is 11.9. The molecule has 0 fully saturated rings. The molecule has 0 aromatic carbocycles. The van der Waals surface area contributed by atoms with E-state index in [4.69, 9.17) is 20.7 Å². The highest BCUT2D eigenvalue weighted by molar-refractivity contribution is 5.73. The molecular formula is C5H10F3NO3. The second kappa shape index (κ2) is 5.78. The Balaban J connectivity index is 0. The van der Waals surface area contributed by atoms with Gasteiger partial charge in [0.1, 0.15) is 0 Å². The molecule has 7 heteroatoms. The molecule has 0 amide bonds. The average molecular weight is 189 g/mol. The fraction of sp³-hybridized carbons (Fsp3) is 0.800. The van der Waals surface area contributed by atoms with Crippen LogP contribution >= 0.6 is 0 Å². The molecule has 1 unspecified atom stereocenters. The van der Waals surface area contributed by atoms with Crippen LogP contribution in [0.15, 0.2) is 0 Å². The van der Waals surface area contributed by atoms with Gasteiger partial charge in [-0.25, -0.2) is 4.79 Å². The number of aliphatic carboxylic acids is 1. The van der Waals surface area contributed by atoms with Gasteiger partial charge in [-0.2, -0.15) is 13.2 Å². The van der Waals surface area contributed by atoms with E-state index in [0.717, 1.165) is 0 Å². The Bertz CT molecular complexity index is 134. The number of alkyl halides is 3. The highest BCUT2D eigenvalue weighted by Gasteiger charge is 2.38. The second-order valence-corrected chi connectivity index (χ2v) is 1.89. The normalized spacial score (nSPS) is 12.8. The van der Waals surface area contributed by atoms with Crippen LogP contribution in [0.2, 0.25) is 0 Å². The van der Waals surface area contributed by atoms with Crippen LogP contribution in [0.3, 0.4) is 0 Å². The minimum absolute atomic E-state index is 0.338. The summed E-state index contributed by atoms with van der Waals surface area (Å²) < 4.78 is 31.7. The molecular weight excluding hydrogens is 179 g/mol. The number of hydrogen-bond donors (Lipinski definition) is 3. The third-order valence-corrected chi connectivity index (χ3v) is 0.584. The van der Waals surface area contributed by atoms with E-state index >= 15 is 0 Å². The molecule has 0 heterocycles. The van der Waals surface area contributed by atoms with Crippen molar-refractivity contribution in [1.82, 2.24) is 0 Å². The van der Waals surface area contributed by atoms with Crippen LogP contribution in [0.5, 0.6) is 0 Å². The van der Waals surface area contributed by atoms with Gasteiger partial charge in [-0.05, 0) is 6.92 Å². The molecule has 0 radical (unpaired) electrons. The molecule has 4 nitrogen and oxygen atoms in total. The van der Waals surface area contributed by atoms with E-state index in [9.17, 15) is 13.2 Å². The van der Waals surface area contributed by atoms with Crippen molar-refractivity contribution in [2.24, 2.45) is 5.73 Å². The Kier molecular flexibility index (Phi) is 6.63. The quantitative estimate of drug-likeness (QED) is 0.540. The average Bonchev–Trinajstić information content (AvgIpc) is 1.87. The number of carboxylic acid groups (broad SMARTS) is 1. The molecule has 0 aliphatic heterocycles. The minimum atomic E-state index is -5.08. The van der Waals surface area contributed by atoms with Crippen LogP contribution in [-0.4, -0.2) is 35.0 Å². The molecule has 0 spiro atoms. The number of nitrogens with two attached hydrogens (primary N) is 1. The van der Waals surface area contributed by atoms with E-state index in [1.807, 2.05) is 0 Å². The van der Waals surface area contributed by atoms with Gasteiger partial charge in [-0.15, -0.1) is 0 Å². The number of aliphatic hydroxyl groups excluding tert-OH is 1. The van der Waals surface area contributed by atoms with Crippen molar-refractivity contribution >= 4 is 5.97 Å². The zero-order valence-corrected chi connectivity index (χ0v) is 6.30. The molecule has 1 atom stereocenters. The van der Waals surface area contributed by atoms with Crippen molar-refractivity contribution < 1.29 is 28.2 Å². The molecule has 0 aliphatic rings. The van der Waals surface area contributed by atoms with Gasteiger partial charge in [-0.3, -0.25) is 0 Å². The van der Waals surface area contributed by atoms with E-state index in [2.05, 4.69) is 0 Å². The first-order valence-corrected chi connectivity index (χ1v) is 2.90. The first-order valence-electron chi connectivity index (χ1n) is 2.90. The summed E-state index contributed by atoms with van der Waals surface area (Å²) in [5.41, 5.74) is 4.92. The first kappa shape index (κ1) is 13.7. The molecule has 0 saturated carbocycles. The molecule has 74 valence electrons. The Morgan fingerprint density at radius 1 is 1.58 bits per heavy atom. The molecule has 12 heavy (non-hydrogen) atoms. The Morgan fingerprint density at radius 3 is 1.75 bits per heavy atom. The lowest BCUT2D eigenvalue weighted by Gasteiger charge is -1.93. The van der Waals surface area contributed by atoms with Crippen LogP contribution in [0.25, 0.3) is 0 Å². The van der Waals surface area contributed by atoms with Gasteiger partial charge >= 0.3 is 12.1 Å². The van der Waals surface area contributed by atoms with Gasteiger partial charge < -0.3 is 15.9 Å². The van der Waals surface area contributed by atoms with Gasteiger partial charge in [0.25, 0.3) is 0 Å². The number of carboxylic acids is 1. The van der Waals surface area contributed by atoms with Crippen molar-refractivity contribution in [3.8, 4) is 0 Å². The fourth-order valence-corrected chi connectivity index (χ4v) is 0. The van der Waals surface area contributed by atoms with Gasteiger partial charge in [0.05, 0.1) is 6.10 Å². The summed E-state index contributed by atoms with van der Waals surface area (Å²) in [6, 6.07) is 0. The van der Waals surface area contributed by atoms with Crippen LogP contribution < -0.4 is 5.73 Å². The fourth-order valence-electron chi connectivity index (χ4n) is 0.